The molecule has 20 heavy (non-hydrogen) atoms. The molecule has 1 aliphatic heterocycles. The Bertz CT molecular complexity index is 475. The Morgan fingerprint density at radius 2 is 2.35 bits per heavy atom. The van der Waals surface area contributed by atoms with Gasteiger partial charge in [-0.3, -0.25) is 4.90 Å². The Hall–Kier alpha value is -1.04. The minimum atomic E-state index is -0.249. The van der Waals surface area contributed by atoms with Gasteiger partial charge >= 0.3 is 0 Å². The first-order chi connectivity index (χ1) is 9.60. The monoisotopic (exact) mass is 296 g/mol. The second-order valence-corrected chi connectivity index (χ2v) is 5.57. The summed E-state index contributed by atoms with van der Waals surface area (Å²) in [5.41, 5.74) is 6.75. The number of hydrogen-bond acceptors (Lipinski definition) is 3. The summed E-state index contributed by atoms with van der Waals surface area (Å²) >= 11 is 4.86. The van der Waals surface area contributed by atoms with E-state index in [1.54, 1.807) is 12.1 Å². The SMILES string of the molecule is CCN(Cc1ccc(C(N)=S)cc1F)CC1CCCO1. The van der Waals surface area contributed by atoms with Crippen LogP contribution in [-0.2, 0) is 11.3 Å². The summed E-state index contributed by atoms with van der Waals surface area (Å²) in [7, 11) is 0. The summed E-state index contributed by atoms with van der Waals surface area (Å²) in [6.45, 7) is 5.23. The molecule has 1 aliphatic rings. The fraction of sp³-hybridized carbons (Fsp3) is 0.533. The van der Waals surface area contributed by atoms with Gasteiger partial charge in [-0.2, -0.15) is 0 Å². The maximum atomic E-state index is 14.0. The molecule has 1 unspecified atom stereocenters. The van der Waals surface area contributed by atoms with Crippen molar-refractivity contribution in [1.82, 2.24) is 4.90 Å². The number of benzene rings is 1. The molecule has 1 atom stereocenters. The van der Waals surface area contributed by atoms with Crippen LogP contribution in [0.1, 0.15) is 30.9 Å². The molecule has 1 saturated heterocycles. The Morgan fingerprint density at radius 1 is 1.55 bits per heavy atom. The second-order valence-electron chi connectivity index (χ2n) is 5.13. The molecule has 0 radical (unpaired) electrons. The van der Waals surface area contributed by atoms with E-state index in [2.05, 4.69) is 11.8 Å². The highest BCUT2D eigenvalue weighted by molar-refractivity contribution is 7.80. The molecule has 3 nitrogen and oxygen atoms in total. The zero-order valence-electron chi connectivity index (χ0n) is 11.8. The van der Waals surface area contributed by atoms with Crippen LogP contribution >= 0.6 is 12.2 Å². The van der Waals surface area contributed by atoms with Crippen LogP contribution < -0.4 is 5.73 Å². The lowest BCUT2D eigenvalue weighted by Crippen LogP contribution is -2.32. The van der Waals surface area contributed by atoms with Gasteiger partial charge in [-0.25, -0.2) is 4.39 Å². The number of rotatable bonds is 6. The molecule has 2 N–H and O–H groups in total. The highest BCUT2D eigenvalue weighted by atomic mass is 32.1. The number of likely N-dealkylation sites (N-methyl/N-ethyl adjacent to an activating group) is 1. The predicted molar refractivity (Wildman–Crippen MR) is 82.2 cm³/mol. The lowest BCUT2D eigenvalue weighted by molar-refractivity contribution is 0.0721. The van der Waals surface area contributed by atoms with Crippen molar-refractivity contribution in [3.63, 3.8) is 0 Å². The first-order valence-electron chi connectivity index (χ1n) is 7.02. The number of nitrogens with two attached hydrogens (primary N) is 1. The predicted octanol–water partition coefficient (Wildman–Crippen LogP) is 2.46. The van der Waals surface area contributed by atoms with E-state index in [1.165, 1.54) is 6.07 Å². The number of halogens is 1. The minimum Gasteiger partial charge on any atom is -0.389 e. The van der Waals surface area contributed by atoms with Gasteiger partial charge < -0.3 is 10.5 Å². The molecule has 1 fully saturated rings. The van der Waals surface area contributed by atoms with E-state index in [4.69, 9.17) is 22.7 Å². The molecule has 0 aromatic heterocycles. The lowest BCUT2D eigenvalue weighted by Gasteiger charge is -2.24. The van der Waals surface area contributed by atoms with E-state index in [-0.39, 0.29) is 16.9 Å². The minimum absolute atomic E-state index is 0.224. The maximum Gasteiger partial charge on any atom is 0.128 e. The number of hydrogen-bond donors (Lipinski definition) is 1. The number of thiocarbonyl (C=S) groups is 1. The average Bonchev–Trinajstić information content (AvgIpc) is 2.92. The molecule has 5 heteroatoms. The van der Waals surface area contributed by atoms with Crippen LogP contribution in [0.3, 0.4) is 0 Å². The van der Waals surface area contributed by atoms with Gasteiger partial charge in [-0.1, -0.05) is 31.3 Å². The molecule has 0 aliphatic carbocycles. The summed E-state index contributed by atoms with van der Waals surface area (Å²) < 4.78 is 19.7. The summed E-state index contributed by atoms with van der Waals surface area (Å²) in [5.74, 6) is -0.249. The van der Waals surface area contributed by atoms with Gasteiger partial charge in [0.05, 0.1) is 6.10 Å². The molecule has 1 heterocycles. The molecule has 2 rings (SSSR count). The van der Waals surface area contributed by atoms with Crippen LogP contribution in [0.5, 0.6) is 0 Å². The van der Waals surface area contributed by atoms with Crippen molar-refractivity contribution in [2.45, 2.75) is 32.4 Å². The zero-order valence-corrected chi connectivity index (χ0v) is 12.6. The molecule has 0 saturated carbocycles. The van der Waals surface area contributed by atoms with Gasteiger partial charge in [0.25, 0.3) is 0 Å². The van der Waals surface area contributed by atoms with E-state index in [9.17, 15) is 4.39 Å². The quantitative estimate of drug-likeness (QED) is 0.819. The van der Waals surface area contributed by atoms with Crippen molar-refractivity contribution in [1.29, 1.82) is 0 Å². The van der Waals surface area contributed by atoms with Gasteiger partial charge in [-0.05, 0) is 25.5 Å². The molecule has 0 bridgehead atoms. The van der Waals surface area contributed by atoms with E-state index in [1.807, 2.05) is 0 Å². The van der Waals surface area contributed by atoms with E-state index < -0.39 is 0 Å². The van der Waals surface area contributed by atoms with Crippen LogP contribution in [0.25, 0.3) is 0 Å². The van der Waals surface area contributed by atoms with Gasteiger partial charge in [0.2, 0.25) is 0 Å². The zero-order chi connectivity index (χ0) is 14.5. The number of nitrogens with zero attached hydrogens (tertiary/aromatic N) is 1. The average molecular weight is 296 g/mol. The Balaban J connectivity index is 2.01. The molecule has 0 amide bonds. The van der Waals surface area contributed by atoms with E-state index >= 15 is 0 Å². The maximum absolute atomic E-state index is 14.0. The standard InChI is InChI=1S/C15H21FN2OS/c1-2-18(10-13-4-3-7-19-13)9-12-6-5-11(15(17)20)8-14(12)16/h5-6,8,13H,2-4,7,9-10H2,1H3,(H2,17,20). The molecular weight excluding hydrogens is 275 g/mol. The largest absolute Gasteiger partial charge is 0.389 e. The first-order valence-corrected chi connectivity index (χ1v) is 7.43. The third-order valence-corrected chi connectivity index (χ3v) is 3.90. The van der Waals surface area contributed by atoms with Gasteiger partial charge in [0.1, 0.15) is 10.8 Å². The van der Waals surface area contributed by atoms with Crippen LogP contribution in [0.4, 0.5) is 4.39 Å². The second kappa shape index (κ2) is 7.11. The topological polar surface area (TPSA) is 38.5 Å². The van der Waals surface area contributed by atoms with Crippen LogP contribution in [0.15, 0.2) is 18.2 Å². The van der Waals surface area contributed by atoms with Crippen LogP contribution in [0, 0.1) is 5.82 Å². The summed E-state index contributed by atoms with van der Waals surface area (Å²) in [6, 6.07) is 4.96. The first kappa shape index (κ1) is 15.4. The fourth-order valence-electron chi connectivity index (χ4n) is 2.45. The number of ether oxygens (including phenoxy) is 1. The molecule has 0 spiro atoms. The van der Waals surface area contributed by atoms with Gasteiger partial charge in [-0.15, -0.1) is 0 Å². The normalized spacial score (nSPS) is 18.6. The van der Waals surface area contributed by atoms with Crippen molar-refractivity contribution in [2.24, 2.45) is 5.73 Å². The summed E-state index contributed by atoms with van der Waals surface area (Å²) in [4.78, 5) is 2.43. The highest BCUT2D eigenvalue weighted by Crippen LogP contribution is 2.17. The molecule has 1 aromatic carbocycles. The summed E-state index contributed by atoms with van der Waals surface area (Å²) in [6.07, 6.45) is 2.51. The highest BCUT2D eigenvalue weighted by Gasteiger charge is 2.19. The van der Waals surface area contributed by atoms with Crippen molar-refractivity contribution < 1.29 is 9.13 Å². The Kier molecular flexibility index (Phi) is 5.46. The van der Waals surface area contributed by atoms with Gasteiger partial charge in [0.15, 0.2) is 0 Å². The third kappa shape index (κ3) is 3.98. The smallest absolute Gasteiger partial charge is 0.128 e. The van der Waals surface area contributed by atoms with Crippen molar-refractivity contribution >= 4 is 17.2 Å². The Morgan fingerprint density at radius 3 is 2.90 bits per heavy atom. The van der Waals surface area contributed by atoms with Crippen LogP contribution in [0.2, 0.25) is 0 Å². The molecule has 110 valence electrons. The lowest BCUT2D eigenvalue weighted by atomic mass is 10.1. The Labute approximate surface area is 124 Å². The van der Waals surface area contributed by atoms with Crippen molar-refractivity contribution in [3.05, 3.63) is 35.1 Å². The van der Waals surface area contributed by atoms with Crippen LogP contribution in [-0.4, -0.2) is 35.7 Å². The van der Waals surface area contributed by atoms with Crippen molar-refractivity contribution in [2.75, 3.05) is 19.7 Å². The van der Waals surface area contributed by atoms with E-state index in [0.717, 1.165) is 32.5 Å². The van der Waals surface area contributed by atoms with Crippen molar-refractivity contribution in [3.8, 4) is 0 Å². The molecule has 1 aromatic rings. The molecular formula is C15H21FN2OS. The summed E-state index contributed by atoms with van der Waals surface area (Å²) in [5, 5.41) is 0. The van der Waals surface area contributed by atoms with E-state index in [0.29, 0.717) is 17.7 Å². The van der Waals surface area contributed by atoms with Gasteiger partial charge in [0, 0.05) is 30.8 Å². The third-order valence-electron chi connectivity index (χ3n) is 3.66. The fourth-order valence-corrected chi connectivity index (χ4v) is 2.58.